The van der Waals surface area contributed by atoms with E-state index in [1.165, 1.54) is 5.56 Å². The zero-order chi connectivity index (χ0) is 17.6. The number of nitrogens with one attached hydrogen (secondary N) is 2. The number of carbonyl (C=O) groups excluding carboxylic acids is 3. The molecule has 2 N–H and O–H groups in total. The van der Waals surface area contributed by atoms with Gasteiger partial charge < -0.3 is 15.5 Å². The summed E-state index contributed by atoms with van der Waals surface area (Å²) in [6.45, 7) is 0.679. The monoisotopic (exact) mass is 343 g/mol. The van der Waals surface area contributed by atoms with Gasteiger partial charge >= 0.3 is 0 Å². The van der Waals surface area contributed by atoms with Crippen molar-refractivity contribution in [1.82, 2.24) is 10.6 Å². The summed E-state index contributed by atoms with van der Waals surface area (Å²) in [6, 6.07) is 7.85. The van der Waals surface area contributed by atoms with Crippen LogP contribution >= 0.6 is 0 Å². The third-order valence-electron chi connectivity index (χ3n) is 4.85. The van der Waals surface area contributed by atoms with Gasteiger partial charge in [0.2, 0.25) is 17.7 Å². The number of piperidine rings is 1. The van der Waals surface area contributed by atoms with Gasteiger partial charge in [0.1, 0.15) is 0 Å². The molecule has 0 spiro atoms. The minimum absolute atomic E-state index is 0.00120. The van der Waals surface area contributed by atoms with Crippen molar-refractivity contribution in [2.45, 2.75) is 51.0 Å². The number of nitrogens with zero attached hydrogens (tertiary/aromatic N) is 1. The Morgan fingerprint density at radius 1 is 1.16 bits per heavy atom. The van der Waals surface area contributed by atoms with Crippen LogP contribution in [0.5, 0.6) is 0 Å². The van der Waals surface area contributed by atoms with Crippen LogP contribution in [-0.4, -0.2) is 36.9 Å². The molecule has 3 rings (SSSR count). The highest BCUT2D eigenvalue weighted by Crippen LogP contribution is 2.25. The lowest BCUT2D eigenvalue weighted by molar-refractivity contribution is -0.127. The molecule has 3 amide bonds. The highest BCUT2D eigenvalue weighted by atomic mass is 16.2. The minimum atomic E-state index is -0.191. The molecule has 1 saturated heterocycles. The van der Waals surface area contributed by atoms with E-state index >= 15 is 0 Å². The fourth-order valence-corrected chi connectivity index (χ4v) is 3.55. The third kappa shape index (κ3) is 4.59. The van der Waals surface area contributed by atoms with Crippen LogP contribution in [0.2, 0.25) is 0 Å². The van der Waals surface area contributed by atoms with Gasteiger partial charge in [-0.05, 0) is 43.7 Å². The van der Waals surface area contributed by atoms with Crippen molar-refractivity contribution in [2.24, 2.45) is 0 Å². The summed E-state index contributed by atoms with van der Waals surface area (Å²) in [7, 11) is 0. The van der Waals surface area contributed by atoms with Gasteiger partial charge in [0, 0.05) is 31.1 Å². The van der Waals surface area contributed by atoms with Crippen LogP contribution in [0.3, 0.4) is 0 Å². The molecule has 25 heavy (non-hydrogen) atoms. The molecule has 1 fully saturated rings. The second kappa shape index (κ2) is 8.14. The molecule has 2 aliphatic heterocycles. The van der Waals surface area contributed by atoms with Crippen molar-refractivity contribution in [1.29, 1.82) is 0 Å². The molecule has 6 nitrogen and oxygen atoms in total. The lowest BCUT2D eigenvalue weighted by Crippen LogP contribution is -2.44. The molecular formula is C19H25N3O3. The fraction of sp³-hybridized carbons (Fsp3) is 0.526. The van der Waals surface area contributed by atoms with E-state index in [4.69, 9.17) is 0 Å². The van der Waals surface area contributed by atoms with Gasteiger partial charge in [-0.15, -0.1) is 0 Å². The van der Waals surface area contributed by atoms with Gasteiger partial charge in [-0.2, -0.15) is 0 Å². The van der Waals surface area contributed by atoms with Gasteiger partial charge in [-0.25, -0.2) is 0 Å². The van der Waals surface area contributed by atoms with Gasteiger partial charge in [0.05, 0.1) is 6.54 Å². The molecule has 6 heteroatoms. The van der Waals surface area contributed by atoms with E-state index in [9.17, 15) is 14.4 Å². The summed E-state index contributed by atoms with van der Waals surface area (Å²) in [5.74, 6) is -0.277. The van der Waals surface area contributed by atoms with Gasteiger partial charge in [0.25, 0.3) is 0 Å². The van der Waals surface area contributed by atoms with E-state index in [0.717, 1.165) is 37.8 Å². The van der Waals surface area contributed by atoms with Gasteiger partial charge in [-0.3, -0.25) is 14.4 Å². The predicted molar refractivity (Wildman–Crippen MR) is 95.1 cm³/mol. The largest absolute Gasteiger partial charge is 0.353 e. The maximum atomic E-state index is 12.6. The summed E-state index contributed by atoms with van der Waals surface area (Å²) in [5.41, 5.74) is 2.14. The summed E-state index contributed by atoms with van der Waals surface area (Å²) in [4.78, 5) is 37.8. The standard InChI is InChI=1S/C19H25N3O3/c23-17-10-5-8-15(21-17)12-18(24)20-13-19(25)22-11-4-3-7-14-6-1-2-9-16(14)22/h1-2,6,9,15H,3-5,7-8,10-13H2,(H,20,24)(H,21,23). The molecule has 2 aliphatic rings. The van der Waals surface area contributed by atoms with Crippen LogP contribution in [0.1, 0.15) is 44.1 Å². The quantitative estimate of drug-likeness (QED) is 0.870. The first kappa shape index (κ1) is 17.5. The maximum absolute atomic E-state index is 12.6. The van der Waals surface area contributed by atoms with Crippen LogP contribution in [-0.2, 0) is 20.8 Å². The highest BCUT2D eigenvalue weighted by molar-refractivity contribution is 5.97. The smallest absolute Gasteiger partial charge is 0.246 e. The lowest BCUT2D eigenvalue weighted by atomic mass is 10.0. The zero-order valence-electron chi connectivity index (χ0n) is 14.4. The lowest BCUT2D eigenvalue weighted by Gasteiger charge is -2.24. The van der Waals surface area contributed by atoms with Crippen molar-refractivity contribution in [2.75, 3.05) is 18.0 Å². The minimum Gasteiger partial charge on any atom is -0.353 e. The second-order valence-corrected chi connectivity index (χ2v) is 6.77. The van der Waals surface area contributed by atoms with E-state index in [-0.39, 0.29) is 36.7 Å². The van der Waals surface area contributed by atoms with E-state index < -0.39 is 0 Å². The number of para-hydroxylation sites is 1. The predicted octanol–water partition coefficient (Wildman–Crippen LogP) is 1.53. The normalized spacial score (nSPS) is 20.2. The van der Waals surface area contributed by atoms with E-state index in [1.54, 1.807) is 4.90 Å². The number of rotatable bonds is 4. The molecule has 1 aromatic carbocycles. The number of fused-ring (bicyclic) bond motifs is 1. The Hall–Kier alpha value is -2.37. The van der Waals surface area contributed by atoms with Crippen LogP contribution < -0.4 is 15.5 Å². The van der Waals surface area contributed by atoms with Crippen LogP contribution in [0.4, 0.5) is 5.69 Å². The SMILES string of the molecule is O=C(CC1CCCC(=O)N1)NCC(=O)N1CCCCc2ccccc21. The fourth-order valence-electron chi connectivity index (χ4n) is 3.55. The Bertz CT molecular complexity index is 659. The first-order chi connectivity index (χ1) is 12.1. The Morgan fingerprint density at radius 3 is 2.84 bits per heavy atom. The van der Waals surface area contributed by atoms with Crippen molar-refractivity contribution in [3.63, 3.8) is 0 Å². The van der Waals surface area contributed by atoms with Gasteiger partial charge in [0.15, 0.2) is 0 Å². The Labute approximate surface area is 148 Å². The Morgan fingerprint density at radius 2 is 2.00 bits per heavy atom. The summed E-state index contributed by atoms with van der Waals surface area (Å²) in [6.07, 6.45) is 5.39. The van der Waals surface area contributed by atoms with E-state index in [0.29, 0.717) is 13.0 Å². The van der Waals surface area contributed by atoms with Crippen molar-refractivity contribution >= 4 is 23.4 Å². The number of carbonyl (C=O) groups is 3. The van der Waals surface area contributed by atoms with E-state index in [1.807, 2.05) is 18.2 Å². The molecule has 0 aliphatic carbocycles. The van der Waals surface area contributed by atoms with Crippen molar-refractivity contribution in [3.05, 3.63) is 29.8 Å². The molecule has 134 valence electrons. The average Bonchev–Trinajstić information content (AvgIpc) is 2.82. The van der Waals surface area contributed by atoms with Crippen molar-refractivity contribution in [3.8, 4) is 0 Å². The van der Waals surface area contributed by atoms with Crippen LogP contribution in [0.15, 0.2) is 24.3 Å². The van der Waals surface area contributed by atoms with Gasteiger partial charge in [-0.1, -0.05) is 18.2 Å². The Balaban J connectivity index is 1.53. The zero-order valence-corrected chi connectivity index (χ0v) is 14.4. The first-order valence-electron chi connectivity index (χ1n) is 9.08. The summed E-state index contributed by atoms with van der Waals surface area (Å²) < 4.78 is 0. The molecule has 0 saturated carbocycles. The molecule has 2 heterocycles. The Kier molecular flexibility index (Phi) is 5.68. The number of benzene rings is 1. The maximum Gasteiger partial charge on any atom is 0.246 e. The molecule has 1 atom stereocenters. The molecule has 0 aromatic heterocycles. The molecule has 0 radical (unpaired) electrons. The number of hydrogen-bond donors (Lipinski definition) is 2. The van der Waals surface area contributed by atoms with Crippen molar-refractivity contribution < 1.29 is 14.4 Å². The topological polar surface area (TPSA) is 78.5 Å². The number of anilines is 1. The summed E-state index contributed by atoms with van der Waals surface area (Å²) in [5, 5.41) is 5.54. The highest BCUT2D eigenvalue weighted by Gasteiger charge is 2.23. The molecule has 1 unspecified atom stereocenters. The third-order valence-corrected chi connectivity index (χ3v) is 4.85. The average molecular weight is 343 g/mol. The van der Waals surface area contributed by atoms with Crippen LogP contribution in [0, 0.1) is 0 Å². The van der Waals surface area contributed by atoms with Crippen LogP contribution in [0.25, 0.3) is 0 Å². The second-order valence-electron chi connectivity index (χ2n) is 6.77. The number of hydrogen-bond acceptors (Lipinski definition) is 3. The molecule has 0 bridgehead atoms. The number of aryl methyl sites for hydroxylation is 1. The summed E-state index contributed by atoms with van der Waals surface area (Å²) >= 11 is 0. The molecular weight excluding hydrogens is 318 g/mol. The number of amides is 3. The van der Waals surface area contributed by atoms with E-state index in [2.05, 4.69) is 16.7 Å². The first-order valence-corrected chi connectivity index (χ1v) is 9.08. The molecule has 1 aromatic rings.